The maximum Gasteiger partial charge on any atom is 0.383 e. The molecule has 0 fully saturated rings. The fourth-order valence-electron chi connectivity index (χ4n) is 1.45. The molecular weight excluding hydrogens is 262 g/mol. The first-order valence-electron chi connectivity index (χ1n) is 5.94. The third-order valence-electron chi connectivity index (χ3n) is 2.61. The van der Waals surface area contributed by atoms with Gasteiger partial charge in [0.15, 0.2) is 0 Å². The largest absolute Gasteiger partial charge is 0.383 e. The van der Waals surface area contributed by atoms with Gasteiger partial charge in [-0.3, -0.25) is 4.79 Å². The van der Waals surface area contributed by atoms with Crippen LogP contribution in [0.3, 0.4) is 0 Å². The van der Waals surface area contributed by atoms with Gasteiger partial charge in [0.2, 0.25) is 0 Å². The van der Waals surface area contributed by atoms with Crippen molar-refractivity contribution in [3.8, 4) is 0 Å². The summed E-state index contributed by atoms with van der Waals surface area (Å²) in [6.45, 7) is 2.04. The van der Waals surface area contributed by atoms with E-state index in [9.17, 15) is 22.4 Å². The molecule has 0 aliphatic carbocycles. The van der Waals surface area contributed by atoms with E-state index in [0.717, 1.165) is 24.8 Å². The Labute approximate surface area is 108 Å². The van der Waals surface area contributed by atoms with Crippen LogP contribution >= 0.6 is 0 Å². The van der Waals surface area contributed by atoms with Crippen molar-refractivity contribution in [3.63, 3.8) is 0 Å². The van der Waals surface area contributed by atoms with E-state index in [4.69, 9.17) is 0 Å². The summed E-state index contributed by atoms with van der Waals surface area (Å²) in [5, 5.41) is 1.78. The summed E-state index contributed by atoms with van der Waals surface area (Å²) in [6, 6.07) is 6.19. The minimum absolute atomic E-state index is 0.0746. The topological polar surface area (TPSA) is 29.1 Å². The van der Waals surface area contributed by atoms with Crippen molar-refractivity contribution in [1.82, 2.24) is 0 Å². The summed E-state index contributed by atoms with van der Waals surface area (Å²) in [7, 11) is 0. The molecule has 0 radical (unpaired) electrons. The SMILES string of the molecule is CCCCc1ccc(NC(=O)C(F)(F)C(F)F)cc1. The second-order valence-electron chi connectivity index (χ2n) is 4.18. The van der Waals surface area contributed by atoms with Crippen LogP contribution in [0.4, 0.5) is 23.2 Å². The van der Waals surface area contributed by atoms with Gasteiger partial charge >= 0.3 is 18.3 Å². The molecule has 1 aromatic rings. The van der Waals surface area contributed by atoms with E-state index in [1.54, 1.807) is 17.4 Å². The third-order valence-corrected chi connectivity index (χ3v) is 2.61. The summed E-state index contributed by atoms with van der Waals surface area (Å²) in [6.07, 6.45) is -1.15. The number of halogens is 4. The molecule has 6 heteroatoms. The Hall–Kier alpha value is -1.59. The normalized spacial score (nSPS) is 11.7. The Kier molecular flexibility index (Phi) is 5.32. The molecule has 1 aromatic carbocycles. The van der Waals surface area contributed by atoms with Crippen molar-refractivity contribution in [2.75, 3.05) is 5.32 Å². The highest BCUT2D eigenvalue weighted by Crippen LogP contribution is 2.24. The van der Waals surface area contributed by atoms with Gasteiger partial charge in [-0.15, -0.1) is 0 Å². The van der Waals surface area contributed by atoms with Crippen molar-refractivity contribution < 1.29 is 22.4 Å². The van der Waals surface area contributed by atoms with E-state index in [1.807, 2.05) is 6.92 Å². The van der Waals surface area contributed by atoms with E-state index in [0.29, 0.717) is 0 Å². The van der Waals surface area contributed by atoms with Crippen LogP contribution in [0, 0.1) is 0 Å². The summed E-state index contributed by atoms with van der Waals surface area (Å²) in [4.78, 5) is 11.0. The molecule has 2 nitrogen and oxygen atoms in total. The van der Waals surface area contributed by atoms with Gasteiger partial charge in [-0.1, -0.05) is 25.5 Å². The van der Waals surface area contributed by atoms with Gasteiger partial charge in [-0.25, -0.2) is 8.78 Å². The predicted octanol–water partition coefficient (Wildman–Crippen LogP) is 3.87. The zero-order valence-electron chi connectivity index (χ0n) is 10.4. The van der Waals surface area contributed by atoms with Gasteiger partial charge in [0.25, 0.3) is 0 Å². The molecule has 1 rings (SSSR count). The second-order valence-corrected chi connectivity index (χ2v) is 4.18. The lowest BCUT2D eigenvalue weighted by atomic mass is 10.1. The number of amides is 1. The van der Waals surface area contributed by atoms with Gasteiger partial charge in [0.05, 0.1) is 0 Å². The molecule has 0 bridgehead atoms. The zero-order valence-corrected chi connectivity index (χ0v) is 10.4. The van der Waals surface area contributed by atoms with Gasteiger partial charge in [-0.2, -0.15) is 8.78 Å². The van der Waals surface area contributed by atoms with Crippen LogP contribution in [0.5, 0.6) is 0 Å². The van der Waals surface area contributed by atoms with E-state index < -0.39 is 18.3 Å². The van der Waals surface area contributed by atoms with E-state index in [1.165, 1.54) is 12.1 Å². The molecule has 0 saturated heterocycles. The highest BCUT2D eigenvalue weighted by atomic mass is 19.3. The van der Waals surface area contributed by atoms with Crippen LogP contribution in [-0.4, -0.2) is 18.3 Å². The number of carbonyl (C=O) groups is 1. The fraction of sp³-hybridized carbons (Fsp3) is 0.462. The first-order chi connectivity index (χ1) is 8.87. The summed E-state index contributed by atoms with van der Waals surface area (Å²) in [5.41, 5.74) is 1.08. The van der Waals surface area contributed by atoms with Crippen LogP contribution in [0.1, 0.15) is 25.3 Å². The van der Waals surface area contributed by atoms with E-state index in [2.05, 4.69) is 0 Å². The van der Waals surface area contributed by atoms with E-state index >= 15 is 0 Å². The minimum atomic E-state index is -4.68. The van der Waals surface area contributed by atoms with Crippen LogP contribution in [0.25, 0.3) is 0 Å². The Bertz CT molecular complexity index is 417. The molecule has 0 unspecified atom stereocenters. The Morgan fingerprint density at radius 2 is 1.84 bits per heavy atom. The van der Waals surface area contributed by atoms with Crippen molar-refractivity contribution in [2.45, 2.75) is 38.5 Å². The van der Waals surface area contributed by atoms with Gasteiger partial charge in [0, 0.05) is 5.69 Å². The molecule has 0 saturated carbocycles. The van der Waals surface area contributed by atoms with Crippen molar-refractivity contribution in [2.24, 2.45) is 0 Å². The molecule has 0 spiro atoms. The Balaban J connectivity index is 2.65. The van der Waals surface area contributed by atoms with Crippen LogP contribution in [0.15, 0.2) is 24.3 Å². The number of carbonyl (C=O) groups excluding carboxylic acids is 1. The number of rotatable bonds is 6. The summed E-state index contributed by atoms with van der Waals surface area (Å²) >= 11 is 0. The number of hydrogen-bond donors (Lipinski definition) is 1. The highest BCUT2D eigenvalue weighted by molar-refractivity contribution is 5.96. The zero-order chi connectivity index (χ0) is 14.5. The maximum absolute atomic E-state index is 12.7. The number of anilines is 1. The summed E-state index contributed by atoms with van der Waals surface area (Å²) < 4.78 is 49.3. The molecule has 0 atom stereocenters. The number of nitrogens with one attached hydrogen (secondary N) is 1. The van der Waals surface area contributed by atoms with Crippen molar-refractivity contribution in [1.29, 1.82) is 0 Å². The molecule has 0 aromatic heterocycles. The molecule has 0 aliphatic heterocycles. The standard InChI is InChI=1S/C13H15F4NO/c1-2-3-4-9-5-7-10(8-6-9)18-12(19)13(16,17)11(14)15/h5-8,11H,2-4H2,1H3,(H,18,19). The number of benzene rings is 1. The van der Waals surface area contributed by atoms with Crippen LogP contribution in [-0.2, 0) is 11.2 Å². The molecular formula is C13H15F4NO. The fourth-order valence-corrected chi connectivity index (χ4v) is 1.45. The van der Waals surface area contributed by atoms with Crippen molar-refractivity contribution >= 4 is 11.6 Å². The molecule has 1 N–H and O–H groups in total. The molecule has 1 amide bonds. The number of aryl methyl sites for hydroxylation is 1. The number of hydrogen-bond acceptors (Lipinski definition) is 1. The molecule has 0 heterocycles. The van der Waals surface area contributed by atoms with Gasteiger partial charge in [0.1, 0.15) is 0 Å². The lowest BCUT2D eigenvalue weighted by Crippen LogP contribution is -2.40. The number of alkyl halides is 4. The Morgan fingerprint density at radius 1 is 1.26 bits per heavy atom. The second kappa shape index (κ2) is 6.54. The Morgan fingerprint density at radius 3 is 2.32 bits per heavy atom. The molecule has 106 valence electrons. The smallest absolute Gasteiger partial charge is 0.321 e. The third kappa shape index (κ3) is 4.22. The highest BCUT2D eigenvalue weighted by Gasteiger charge is 2.48. The average molecular weight is 277 g/mol. The van der Waals surface area contributed by atoms with Gasteiger partial charge < -0.3 is 5.32 Å². The molecule has 19 heavy (non-hydrogen) atoms. The monoisotopic (exact) mass is 277 g/mol. The predicted molar refractivity (Wildman–Crippen MR) is 64.6 cm³/mol. The summed E-state index contributed by atoms with van der Waals surface area (Å²) in [5.74, 6) is -6.68. The first-order valence-corrected chi connectivity index (χ1v) is 5.94. The van der Waals surface area contributed by atoms with Crippen LogP contribution in [0.2, 0.25) is 0 Å². The lowest BCUT2D eigenvalue weighted by molar-refractivity contribution is -0.163. The first kappa shape index (κ1) is 15.5. The molecule has 0 aliphatic rings. The van der Waals surface area contributed by atoms with E-state index in [-0.39, 0.29) is 5.69 Å². The minimum Gasteiger partial charge on any atom is -0.321 e. The van der Waals surface area contributed by atoms with Gasteiger partial charge in [-0.05, 0) is 30.5 Å². The lowest BCUT2D eigenvalue weighted by Gasteiger charge is -2.14. The van der Waals surface area contributed by atoms with Crippen LogP contribution < -0.4 is 5.32 Å². The van der Waals surface area contributed by atoms with Crippen molar-refractivity contribution in [3.05, 3.63) is 29.8 Å². The average Bonchev–Trinajstić information content (AvgIpc) is 2.37. The number of unbranched alkanes of at least 4 members (excludes halogenated alkanes) is 1. The maximum atomic E-state index is 12.7. The quantitative estimate of drug-likeness (QED) is 0.786.